The highest BCUT2D eigenvalue weighted by Gasteiger charge is 2.19. The zero-order valence-corrected chi connectivity index (χ0v) is 14.3. The smallest absolute Gasteiger partial charge is 0.256 e. The van der Waals surface area contributed by atoms with E-state index in [1.807, 2.05) is 24.3 Å². The molecular formula is C16H18BrNO4. The third kappa shape index (κ3) is 3.82. The largest absolute Gasteiger partial charge is 0.497 e. The first-order chi connectivity index (χ1) is 10.5. The van der Waals surface area contributed by atoms with E-state index in [9.17, 15) is 4.79 Å². The molecule has 22 heavy (non-hydrogen) atoms. The van der Waals surface area contributed by atoms with Crippen LogP contribution in [-0.4, -0.2) is 26.2 Å². The first-order valence-electron chi connectivity index (χ1n) is 6.83. The van der Waals surface area contributed by atoms with Crippen molar-refractivity contribution in [3.63, 3.8) is 0 Å². The molecule has 2 rings (SSSR count). The molecule has 1 heterocycles. The Kier molecular flexibility index (Phi) is 5.49. The number of halogens is 1. The highest BCUT2D eigenvalue weighted by atomic mass is 79.9. The van der Waals surface area contributed by atoms with Gasteiger partial charge in [0.1, 0.15) is 29.6 Å². The molecule has 0 spiro atoms. The molecule has 5 nitrogen and oxygen atoms in total. The number of furan rings is 1. The maximum Gasteiger partial charge on any atom is 0.256 e. The fourth-order valence-electron chi connectivity index (χ4n) is 2.01. The molecule has 1 aromatic carbocycles. The average molecular weight is 368 g/mol. The predicted molar refractivity (Wildman–Crippen MR) is 86.7 cm³/mol. The molecule has 0 aliphatic heterocycles. The minimum Gasteiger partial charge on any atom is -0.497 e. The summed E-state index contributed by atoms with van der Waals surface area (Å²) in [6.07, 6.45) is 0. The van der Waals surface area contributed by atoms with Gasteiger partial charge in [0.05, 0.1) is 23.7 Å². The minimum absolute atomic E-state index is 0.181. The summed E-state index contributed by atoms with van der Waals surface area (Å²) in [6, 6.07) is 7.28. The summed E-state index contributed by atoms with van der Waals surface area (Å²) < 4.78 is 16.7. The highest BCUT2D eigenvalue weighted by molar-refractivity contribution is 9.10. The summed E-state index contributed by atoms with van der Waals surface area (Å²) in [5.41, 5.74) is 0.530. The van der Waals surface area contributed by atoms with E-state index >= 15 is 0 Å². The fourth-order valence-corrected chi connectivity index (χ4v) is 2.55. The number of benzene rings is 1. The Labute approximate surface area is 137 Å². The lowest BCUT2D eigenvalue weighted by Gasteiger charge is -2.08. The Balaban J connectivity index is 1.82. The quantitative estimate of drug-likeness (QED) is 0.794. The fraction of sp³-hybridized carbons (Fsp3) is 0.312. The van der Waals surface area contributed by atoms with Crippen molar-refractivity contribution in [1.82, 2.24) is 5.32 Å². The molecule has 0 aliphatic carbocycles. The Bertz CT molecular complexity index is 649. The molecule has 0 saturated carbocycles. The normalized spacial score (nSPS) is 10.4. The van der Waals surface area contributed by atoms with Gasteiger partial charge in [-0.05, 0) is 54.0 Å². The van der Waals surface area contributed by atoms with E-state index in [0.29, 0.717) is 34.7 Å². The van der Waals surface area contributed by atoms with Crippen molar-refractivity contribution >= 4 is 21.8 Å². The van der Waals surface area contributed by atoms with E-state index in [4.69, 9.17) is 13.9 Å². The summed E-state index contributed by atoms with van der Waals surface area (Å²) in [7, 11) is 1.61. The number of nitrogens with one attached hydrogen (secondary N) is 1. The van der Waals surface area contributed by atoms with E-state index in [2.05, 4.69) is 21.2 Å². The van der Waals surface area contributed by atoms with Crippen LogP contribution in [0.1, 0.15) is 21.9 Å². The molecular weight excluding hydrogens is 350 g/mol. The number of ether oxygens (including phenoxy) is 2. The van der Waals surface area contributed by atoms with E-state index < -0.39 is 0 Å². The van der Waals surface area contributed by atoms with E-state index in [0.717, 1.165) is 11.5 Å². The van der Waals surface area contributed by atoms with Gasteiger partial charge < -0.3 is 19.2 Å². The van der Waals surface area contributed by atoms with Gasteiger partial charge in [0.25, 0.3) is 5.91 Å². The summed E-state index contributed by atoms with van der Waals surface area (Å²) in [4.78, 5) is 12.1. The number of hydrogen-bond acceptors (Lipinski definition) is 4. The van der Waals surface area contributed by atoms with Gasteiger partial charge in [-0.15, -0.1) is 0 Å². The number of hydrogen-bond donors (Lipinski definition) is 1. The van der Waals surface area contributed by atoms with Gasteiger partial charge in [-0.25, -0.2) is 0 Å². The van der Waals surface area contributed by atoms with Crippen LogP contribution < -0.4 is 14.8 Å². The molecule has 0 atom stereocenters. The monoisotopic (exact) mass is 367 g/mol. The van der Waals surface area contributed by atoms with Crippen LogP contribution in [0.25, 0.3) is 0 Å². The predicted octanol–water partition coefficient (Wildman–Crippen LogP) is 3.48. The topological polar surface area (TPSA) is 60.7 Å². The second-order valence-electron chi connectivity index (χ2n) is 4.68. The van der Waals surface area contributed by atoms with Crippen LogP contribution in [0.3, 0.4) is 0 Å². The van der Waals surface area contributed by atoms with E-state index in [-0.39, 0.29) is 5.91 Å². The third-order valence-electron chi connectivity index (χ3n) is 3.13. The second kappa shape index (κ2) is 7.35. The van der Waals surface area contributed by atoms with Crippen molar-refractivity contribution in [1.29, 1.82) is 0 Å². The Hall–Kier alpha value is -1.95. The van der Waals surface area contributed by atoms with Crippen LogP contribution in [0.15, 0.2) is 33.2 Å². The molecule has 0 radical (unpaired) electrons. The molecule has 118 valence electrons. The molecule has 6 heteroatoms. The number of carbonyl (C=O) groups is 1. The molecule has 0 bridgehead atoms. The average Bonchev–Trinajstić information content (AvgIpc) is 2.77. The molecule has 0 fully saturated rings. The summed E-state index contributed by atoms with van der Waals surface area (Å²) in [6.45, 7) is 4.35. The van der Waals surface area contributed by atoms with Gasteiger partial charge in [0.15, 0.2) is 0 Å². The van der Waals surface area contributed by atoms with Crippen molar-refractivity contribution in [3.8, 4) is 11.5 Å². The molecule has 0 saturated heterocycles. The van der Waals surface area contributed by atoms with E-state index in [1.165, 1.54) is 0 Å². The zero-order chi connectivity index (χ0) is 16.1. The Morgan fingerprint density at radius 1 is 1.18 bits per heavy atom. The van der Waals surface area contributed by atoms with Crippen LogP contribution in [0, 0.1) is 13.8 Å². The number of aryl methyl sites for hydroxylation is 2. The highest BCUT2D eigenvalue weighted by Crippen LogP contribution is 2.27. The molecule has 0 unspecified atom stereocenters. The Morgan fingerprint density at radius 2 is 1.82 bits per heavy atom. The zero-order valence-electron chi connectivity index (χ0n) is 12.7. The lowest BCUT2D eigenvalue weighted by Crippen LogP contribution is -2.28. The lowest BCUT2D eigenvalue weighted by molar-refractivity contribution is 0.0945. The van der Waals surface area contributed by atoms with Crippen LogP contribution >= 0.6 is 15.9 Å². The van der Waals surface area contributed by atoms with Crippen LogP contribution in [-0.2, 0) is 0 Å². The minimum atomic E-state index is -0.181. The number of carbonyl (C=O) groups excluding carboxylic acids is 1. The molecule has 1 amide bonds. The van der Waals surface area contributed by atoms with Crippen molar-refractivity contribution in [3.05, 3.63) is 45.8 Å². The van der Waals surface area contributed by atoms with Gasteiger partial charge in [0, 0.05) is 0 Å². The van der Waals surface area contributed by atoms with Crippen molar-refractivity contribution < 1.29 is 18.7 Å². The molecule has 1 aromatic heterocycles. The first kappa shape index (κ1) is 16.4. The summed E-state index contributed by atoms with van der Waals surface area (Å²) >= 11 is 3.36. The van der Waals surface area contributed by atoms with E-state index in [1.54, 1.807) is 21.0 Å². The lowest BCUT2D eigenvalue weighted by atomic mass is 10.2. The van der Waals surface area contributed by atoms with Crippen LogP contribution in [0.5, 0.6) is 11.5 Å². The number of rotatable bonds is 6. The van der Waals surface area contributed by atoms with Gasteiger partial charge in [-0.1, -0.05) is 0 Å². The van der Waals surface area contributed by atoms with Crippen LogP contribution in [0.2, 0.25) is 0 Å². The SMILES string of the molecule is COc1ccc(OCCNC(=O)c2c(C)oc(C)c2Br)cc1. The van der Waals surface area contributed by atoms with Gasteiger partial charge >= 0.3 is 0 Å². The van der Waals surface area contributed by atoms with Crippen LogP contribution in [0.4, 0.5) is 0 Å². The maximum absolute atomic E-state index is 12.1. The van der Waals surface area contributed by atoms with Crippen molar-refractivity contribution in [2.24, 2.45) is 0 Å². The number of methoxy groups -OCH3 is 1. The maximum atomic E-state index is 12.1. The van der Waals surface area contributed by atoms with Gasteiger partial charge in [-0.3, -0.25) is 4.79 Å². The standard InChI is InChI=1S/C16H18BrNO4/c1-10-14(15(17)11(2)22-10)16(19)18-8-9-21-13-6-4-12(20-3)5-7-13/h4-7H,8-9H2,1-3H3,(H,18,19). The second-order valence-corrected chi connectivity index (χ2v) is 5.48. The molecule has 1 N–H and O–H groups in total. The third-order valence-corrected chi connectivity index (χ3v) is 4.08. The van der Waals surface area contributed by atoms with Gasteiger partial charge in [-0.2, -0.15) is 0 Å². The summed E-state index contributed by atoms with van der Waals surface area (Å²) in [5, 5.41) is 2.81. The first-order valence-corrected chi connectivity index (χ1v) is 7.62. The Morgan fingerprint density at radius 3 is 2.36 bits per heavy atom. The van der Waals surface area contributed by atoms with Gasteiger partial charge in [0.2, 0.25) is 0 Å². The number of amides is 1. The molecule has 0 aliphatic rings. The van der Waals surface area contributed by atoms with Crippen molar-refractivity contribution in [2.45, 2.75) is 13.8 Å². The van der Waals surface area contributed by atoms with Crippen molar-refractivity contribution in [2.75, 3.05) is 20.3 Å². The molecule has 2 aromatic rings. The summed E-state index contributed by atoms with van der Waals surface area (Å²) in [5.74, 6) is 2.61.